The Kier molecular flexibility index (Phi) is 5.34. The van der Waals surface area contributed by atoms with E-state index < -0.39 is 0 Å². The molecule has 2 aromatic rings. The fraction of sp³-hybridized carbons (Fsp3) is 0.458. The molecule has 0 amide bonds. The Morgan fingerprint density at radius 1 is 1.14 bits per heavy atom. The number of nitrogens with zero attached hydrogens (tertiary/aromatic N) is 3. The van der Waals surface area contributed by atoms with Crippen LogP contribution in [0.5, 0.6) is 0 Å². The second kappa shape index (κ2) is 7.79. The van der Waals surface area contributed by atoms with E-state index >= 15 is 0 Å². The summed E-state index contributed by atoms with van der Waals surface area (Å²) in [5, 5.41) is 0. The van der Waals surface area contributed by atoms with Gasteiger partial charge in [-0.15, -0.1) is 0 Å². The molecule has 4 nitrogen and oxygen atoms in total. The zero-order chi connectivity index (χ0) is 20.6. The number of rotatable bonds is 3. The highest BCUT2D eigenvalue weighted by Gasteiger charge is 2.34. The first-order chi connectivity index (χ1) is 13.8. The van der Waals surface area contributed by atoms with Gasteiger partial charge in [-0.1, -0.05) is 6.92 Å². The summed E-state index contributed by atoms with van der Waals surface area (Å²) in [4.78, 5) is 9.02. The number of hydrogen-bond acceptors (Lipinski definition) is 4. The van der Waals surface area contributed by atoms with Crippen molar-refractivity contribution in [1.29, 1.82) is 0 Å². The Balaban J connectivity index is 1.55. The summed E-state index contributed by atoms with van der Waals surface area (Å²) in [5.74, 6) is 0.158. The van der Waals surface area contributed by atoms with E-state index in [2.05, 4.69) is 47.7 Å². The van der Waals surface area contributed by atoms with E-state index in [1.165, 1.54) is 11.3 Å². The predicted octanol–water partition coefficient (Wildman–Crippen LogP) is 5.13. The largest absolute Gasteiger partial charge is 0.378 e. The lowest BCUT2D eigenvalue weighted by Crippen LogP contribution is -2.45. The summed E-state index contributed by atoms with van der Waals surface area (Å²) in [5.41, 5.74) is 4.74. The molecule has 5 heteroatoms. The van der Waals surface area contributed by atoms with E-state index in [1.807, 2.05) is 25.2 Å². The molecule has 0 aliphatic carbocycles. The van der Waals surface area contributed by atoms with Gasteiger partial charge in [0, 0.05) is 48.8 Å². The molecule has 1 atom stereocenters. The van der Waals surface area contributed by atoms with Gasteiger partial charge in [-0.05, 0) is 68.1 Å². The molecule has 4 rings (SSSR count). The van der Waals surface area contributed by atoms with Crippen molar-refractivity contribution < 1.29 is 9.13 Å². The first-order valence-corrected chi connectivity index (χ1v) is 10.4. The van der Waals surface area contributed by atoms with Crippen LogP contribution in [0, 0.1) is 5.82 Å². The predicted molar refractivity (Wildman–Crippen MR) is 119 cm³/mol. The fourth-order valence-electron chi connectivity index (χ4n) is 4.42. The zero-order valence-electron chi connectivity index (χ0n) is 17.8. The summed E-state index contributed by atoms with van der Waals surface area (Å²) in [6, 6.07) is 11.7. The maximum Gasteiger partial charge on any atom is 0.134 e. The summed E-state index contributed by atoms with van der Waals surface area (Å²) in [7, 11) is 2.05. The second-order valence-corrected chi connectivity index (χ2v) is 8.78. The molecule has 0 aromatic heterocycles. The Labute approximate surface area is 173 Å². The molecule has 0 bridgehead atoms. The third-order valence-corrected chi connectivity index (χ3v) is 6.33. The standard InChI is InChI=1S/C24H30FN3O/c1-17-15-24(2,3)27(4)23-14-22(25)18(13-21(17)23)16-26-19-5-7-20(8-6-19)28-9-11-29-12-10-28/h5-8,13-14,16-17H,9-12,15H2,1-4H3. The number of morpholine rings is 1. The fourth-order valence-corrected chi connectivity index (χ4v) is 4.42. The molecule has 2 aromatic carbocycles. The highest BCUT2D eigenvalue weighted by atomic mass is 19.1. The van der Waals surface area contributed by atoms with Crippen molar-refractivity contribution in [2.24, 2.45) is 4.99 Å². The van der Waals surface area contributed by atoms with Crippen LogP contribution in [0.3, 0.4) is 0 Å². The number of fused-ring (bicyclic) bond motifs is 1. The minimum atomic E-state index is -0.228. The Hall–Kier alpha value is -2.40. The molecule has 1 fully saturated rings. The van der Waals surface area contributed by atoms with E-state index in [0.29, 0.717) is 11.5 Å². The molecule has 0 N–H and O–H groups in total. The van der Waals surface area contributed by atoms with Crippen LogP contribution in [0.25, 0.3) is 0 Å². The number of anilines is 2. The molecule has 2 heterocycles. The van der Waals surface area contributed by atoms with Crippen LogP contribution >= 0.6 is 0 Å². The van der Waals surface area contributed by atoms with Crippen LogP contribution in [0.1, 0.15) is 44.2 Å². The number of aliphatic imine (C=N–C) groups is 1. The first-order valence-electron chi connectivity index (χ1n) is 10.4. The van der Waals surface area contributed by atoms with Gasteiger partial charge in [0.1, 0.15) is 5.82 Å². The molecule has 0 spiro atoms. The number of benzene rings is 2. The Morgan fingerprint density at radius 3 is 2.52 bits per heavy atom. The SMILES string of the molecule is CC1CC(C)(C)N(C)c2cc(F)c(C=Nc3ccc(N4CCOCC4)cc3)cc21. The minimum Gasteiger partial charge on any atom is -0.378 e. The van der Waals surface area contributed by atoms with Crippen LogP contribution in [0.2, 0.25) is 0 Å². The van der Waals surface area contributed by atoms with E-state index in [0.717, 1.165) is 44.1 Å². The van der Waals surface area contributed by atoms with Crippen LogP contribution < -0.4 is 9.80 Å². The van der Waals surface area contributed by atoms with E-state index in [4.69, 9.17) is 4.74 Å². The van der Waals surface area contributed by atoms with Crippen molar-refractivity contribution in [1.82, 2.24) is 0 Å². The molecular formula is C24H30FN3O. The third kappa shape index (κ3) is 4.01. The molecule has 0 saturated carbocycles. The highest BCUT2D eigenvalue weighted by Crippen LogP contribution is 2.43. The van der Waals surface area contributed by atoms with Crippen molar-refractivity contribution in [3.63, 3.8) is 0 Å². The highest BCUT2D eigenvalue weighted by molar-refractivity contribution is 5.84. The van der Waals surface area contributed by atoms with Crippen molar-refractivity contribution in [3.8, 4) is 0 Å². The maximum atomic E-state index is 14.8. The van der Waals surface area contributed by atoms with Gasteiger partial charge >= 0.3 is 0 Å². The normalized spacial score (nSPS) is 21.5. The van der Waals surface area contributed by atoms with Gasteiger partial charge in [-0.3, -0.25) is 4.99 Å². The second-order valence-electron chi connectivity index (χ2n) is 8.78. The van der Waals surface area contributed by atoms with Crippen LogP contribution in [0.15, 0.2) is 41.4 Å². The van der Waals surface area contributed by atoms with E-state index in [9.17, 15) is 4.39 Å². The quantitative estimate of drug-likeness (QED) is 0.674. The van der Waals surface area contributed by atoms with E-state index in [-0.39, 0.29) is 11.4 Å². The van der Waals surface area contributed by atoms with Crippen molar-refractivity contribution in [2.45, 2.75) is 38.6 Å². The first kappa shape index (κ1) is 19.9. The van der Waals surface area contributed by atoms with Gasteiger partial charge in [0.05, 0.1) is 18.9 Å². The zero-order valence-corrected chi connectivity index (χ0v) is 17.8. The Bertz CT molecular complexity index is 901. The molecule has 29 heavy (non-hydrogen) atoms. The average molecular weight is 396 g/mol. The van der Waals surface area contributed by atoms with Crippen LogP contribution in [-0.4, -0.2) is 45.1 Å². The summed E-state index contributed by atoms with van der Waals surface area (Å²) in [6.45, 7) is 9.99. The Morgan fingerprint density at radius 2 is 1.83 bits per heavy atom. The minimum absolute atomic E-state index is 0.0245. The molecular weight excluding hydrogens is 365 g/mol. The lowest BCUT2D eigenvalue weighted by molar-refractivity contribution is 0.122. The van der Waals surface area contributed by atoms with Crippen molar-refractivity contribution in [3.05, 3.63) is 53.3 Å². The van der Waals surface area contributed by atoms with Crippen molar-refractivity contribution >= 4 is 23.3 Å². The topological polar surface area (TPSA) is 28.1 Å². The molecule has 154 valence electrons. The van der Waals surface area contributed by atoms with Gasteiger partial charge < -0.3 is 14.5 Å². The lowest BCUT2D eigenvalue weighted by Gasteiger charge is -2.45. The number of halogens is 1. The summed E-state index contributed by atoms with van der Waals surface area (Å²) < 4.78 is 20.2. The number of hydrogen-bond donors (Lipinski definition) is 0. The third-order valence-electron chi connectivity index (χ3n) is 6.33. The van der Waals surface area contributed by atoms with Gasteiger partial charge in [0.25, 0.3) is 0 Å². The van der Waals surface area contributed by atoms with E-state index in [1.54, 1.807) is 12.3 Å². The van der Waals surface area contributed by atoms with Gasteiger partial charge in [-0.2, -0.15) is 0 Å². The monoisotopic (exact) mass is 395 g/mol. The summed E-state index contributed by atoms with van der Waals surface area (Å²) >= 11 is 0. The average Bonchev–Trinajstić information content (AvgIpc) is 2.72. The van der Waals surface area contributed by atoms with Gasteiger partial charge in [-0.25, -0.2) is 4.39 Å². The smallest absolute Gasteiger partial charge is 0.134 e. The van der Waals surface area contributed by atoms with Gasteiger partial charge in [0.15, 0.2) is 0 Å². The van der Waals surface area contributed by atoms with Crippen LogP contribution in [0.4, 0.5) is 21.5 Å². The van der Waals surface area contributed by atoms with Crippen molar-refractivity contribution in [2.75, 3.05) is 43.2 Å². The molecule has 2 aliphatic rings. The van der Waals surface area contributed by atoms with Gasteiger partial charge in [0.2, 0.25) is 0 Å². The lowest BCUT2D eigenvalue weighted by atomic mass is 9.80. The maximum absolute atomic E-state index is 14.8. The molecule has 0 radical (unpaired) electrons. The molecule has 1 saturated heterocycles. The summed E-state index contributed by atoms with van der Waals surface area (Å²) in [6.07, 6.45) is 2.69. The molecule has 1 unspecified atom stereocenters. The number of ether oxygens (including phenoxy) is 1. The van der Waals surface area contributed by atoms with Crippen LogP contribution in [-0.2, 0) is 4.74 Å². The molecule has 2 aliphatic heterocycles.